The molecule has 2 aromatic rings. The first-order valence-electron chi connectivity index (χ1n) is 7.66. The van der Waals surface area contributed by atoms with Gasteiger partial charge < -0.3 is 14.1 Å². The summed E-state index contributed by atoms with van der Waals surface area (Å²) in [7, 11) is 0. The number of amides is 1. The van der Waals surface area contributed by atoms with E-state index in [1.807, 2.05) is 0 Å². The summed E-state index contributed by atoms with van der Waals surface area (Å²) in [6.07, 6.45) is 4.49. The fourth-order valence-electron chi connectivity index (χ4n) is 3.50. The number of carbonyl (C=O) groups is 1. The van der Waals surface area contributed by atoms with E-state index in [9.17, 15) is 4.79 Å². The predicted molar refractivity (Wildman–Crippen MR) is 77.6 cm³/mol. The number of aryl methyl sites for hydroxylation is 1. The lowest BCUT2D eigenvalue weighted by molar-refractivity contribution is 0.00945. The molecule has 0 bridgehead atoms. The van der Waals surface area contributed by atoms with Crippen LogP contribution in [-0.4, -0.2) is 56.8 Å². The van der Waals surface area contributed by atoms with Crippen molar-refractivity contribution < 1.29 is 13.9 Å². The molecule has 0 N–H and O–H groups in total. The molecule has 0 radical (unpaired) electrons. The molecule has 0 aromatic carbocycles. The van der Waals surface area contributed by atoms with E-state index in [2.05, 4.69) is 20.2 Å². The minimum absolute atomic E-state index is 0.0109. The third-order valence-corrected chi connectivity index (χ3v) is 4.66. The van der Waals surface area contributed by atoms with Crippen molar-refractivity contribution in [3.8, 4) is 0 Å². The zero-order valence-corrected chi connectivity index (χ0v) is 12.8. The first-order chi connectivity index (χ1) is 11.2. The van der Waals surface area contributed by atoms with Crippen molar-refractivity contribution in [3.05, 3.63) is 36.1 Å². The summed E-state index contributed by atoms with van der Waals surface area (Å²) in [6, 6.07) is 1.63. The van der Waals surface area contributed by atoms with E-state index in [-0.39, 0.29) is 12.0 Å². The number of carbonyl (C=O) groups excluding carboxylic acids is 1. The number of aromatic nitrogens is 4. The molecule has 2 aliphatic rings. The highest BCUT2D eigenvalue weighted by molar-refractivity contribution is 5.92. The summed E-state index contributed by atoms with van der Waals surface area (Å²) in [4.78, 5) is 22.4. The molecule has 2 fully saturated rings. The molecule has 1 amide bonds. The molecule has 8 heteroatoms. The smallest absolute Gasteiger partial charge is 0.272 e. The third kappa shape index (κ3) is 2.29. The van der Waals surface area contributed by atoms with E-state index < -0.39 is 5.41 Å². The summed E-state index contributed by atoms with van der Waals surface area (Å²) in [5.74, 6) is 0.991. The standard InChI is InChI=1S/C15H17N5O3/c1-10-18-19-14(23-10)15-4-7-22-12(15)3-6-20(8-15)13(21)11-2-5-16-9-17-11/h2,5,9,12H,3-4,6-8H2,1H3/t12-,15-/m1/s1. The van der Waals surface area contributed by atoms with Gasteiger partial charge in [-0.1, -0.05) is 0 Å². The Morgan fingerprint density at radius 1 is 1.43 bits per heavy atom. The maximum absolute atomic E-state index is 12.7. The van der Waals surface area contributed by atoms with Gasteiger partial charge in [0.25, 0.3) is 5.91 Å². The molecule has 120 valence electrons. The van der Waals surface area contributed by atoms with Crippen molar-refractivity contribution >= 4 is 5.91 Å². The van der Waals surface area contributed by atoms with Crippen molar-refractivity contribution in [3.63, 3.8) is 0 Å². The van der Waals surface area contributed by atoms with Crippen LogP contribution < -0.4 is 0 Å². The van der Waals surface area contributed by atoms with E-state index in [1.54, 1.807) is 24.1 Å². The lowest BCUT2D eigenvalue weighted by atomic mass is 9.76. The lowest BCUT2D eigenvalue weighted by Gasteiger charge is -2.41. The number of hydrogen-bond donors (Lipinski definition) is 0. The number of fused-ring (bicyclic) bond motifs is 1. The Morgan fingerprint density at radius 3 is 3.09 bits per heavy atom. The van der Waals surface area contributed by atoms with Gasteiger partial charge in [0.05, 0.1) is 11.5 Å². The number of hydrogen-bond acceptors (Lipinski definition) is 7. The van der Waals surface area contributed by atoms with Gasteiger partial charge in [0, 0.05) is 32.8 Å². The predicted octanol–water partition coefficient (Wildman–Crippen LogP) is 0.741. The zero-order valence-electron chi connectivity index (χ0n) is 12.8. The number of piperidine rings is 1. The molecule has 2 aliphatic heterocycles. The van der Waals surface area contributed by atoms with Gasteiger partial charge in [0.1, 0.15) is 12.0 Å². The highest BCUT2D eigenvalue weighted by Gasteiger charge is 2.53. The number of rotatable bonds is 2. The Hall–Kier alpha value is -2.35. The maximum Gasteiger partial charge on any atom is 0.272 e. The van der Waals surface area contributed by atoms with Crippen molar-refractivity contribution in [2.75, 3.05) is 19.7 Å². The second-order valence-corrected chi connectivity index (χ2v) is 6.00. The molecule has 8 nitrogen and oxygen atoms in total. The fraction of sp³-hybridized carbons (Fsp3) is 0.533. The van der Waals surface area contributed by atoms with Crippen LogP contribution in [0.25, 0.3) is 0 Å². The van der Waals surface area contributed by atoms with Crippen LogP contribution in [0.1, 0.15) is 35.1 Å². The second-order valence-electron chi connectivity index (χ2n) is 6.00. The summed E-state index contributed by atoms with van der Waals surface area (Å²) in [6.45, 7) is 3.54. The molecule has 0 spiro atoms. The van der Waals surface area contributed by atoms with Gasteiger partial charge in [-0.25, -0.2) is 9.97 Å². The Balaban J connectivity index is 1.65. The molecule has 23 heavy (non-hydrogen) atoms. The van der Waals surface area contributed by atoms with Crippen molar-refractivity contribution in [2.45, 2.75) is 31.3 Å². The first kappa shape index (κ1) is 14.3. The number of nitrogens with zero attached hydrogens (tertiary/aromatic N) is 5. The minimum Gasteiger partial charge on any atom is -0.425 e. The summed E-state index contributed by atoms with van der Waals surface area (Å²) >= 11 is 0. The van der Waals surface area contributed by atoms with Gasteiger partial charge in [-0.15, -0.1) is 10.2 Å². The molecule has 4 rings (SSSR count). The SMILES string of the molecule is Cc1nnc([C@@]23CCO[C@@H]2CCN(C(=O)c2ccncn2)C3)o1. The van der Waals surface area contributed by atoms with Crippen molar-refractivity contribution in [2.24, 2.45) is 0 Å². The largest absolute Gasteiger partial charge is 0.425 e. The van der Waals surface area contributed by atoms with Crippen molar-refractivity contribution in [1.82, 2.24) is 25.1 Å². The van der Waals surface area contributed by atoms with Crippen LogP contribution >= 0.6 is 0 Å². The van der Waals surface area contributed by atoms with E-state index in [4.69, 9.17) is 9.15 Å². The second kappa shape index (κ2) is 5.38. The van der Waals surface area contributed by atoms with Gasteiger partial charge in [-0.05, 0) is 18.9 Å². The van der Waals surface area contributed by atoms with Gasteiger partial charge in [0.15, 0.2) is 0 Å². The Kier molecular flexibility index (Phi) is 3.33. The molecule has 4 heterocycles. The minimum atomic E-state index is -0.414. The Bertz CT molecular complexity index is 719. The van der Waals surface area contributed by atoms with Crippen LogP contribution in [0.5, 0.6) is 0 Å². The van der Waals surface area contributed by atoms with Crippen LogP contribution in [0.15, 0.2) is 23.0 Å². The summed E-state index contributed by atoms with van der Waals surface area (Å²) in [5.41, 5.74) is -0.0171. The highest BCUT2D eigenvalue weighted by Crippen LogP contribution is 2.43. The van der Waals surface area contributed by atoms with E-state index in [0.29, 0.717) is 37.2 Å². The summed E-state index contributed by atoms with van der Waals surface area (Å²) < 4.78 is 11.6. The van der Waals surface area contributed by atoms with E-state index >= 15 is 0 Å². The Morgan fingerprint density at radius 2 is 2.35 bits per heavy atom. The van der Waals surface area contributed by atoms with Crippen LogP contribution in [0, 0.1) is 6.92 Å². The van der Waals surface area contributed by atoms with Gasteiger partial charge >= 0.3 is 0 Å². The van der Waals surface area contributed by atoms with Crippen LogP contribution in [0.2, 0.25) is 0 Å². The van der Waals surface area contributed by atoms with Crippen LogP contribution in [0.4, 0.5) is 0 Å². The fourth-order valence-corrected chi connectivity index (χ4v) is 3.50. The Labute approximate surface area is 132 Å². The monoisotopic (exact) mass is 315 g/mol. The number of likely N-dealkylation sites (tertiary alicyclic amines) is 1. The lowest BCUT2D eigenvalue weighted by Crippen LogP contribution is -2.54. The average Bonchev–Trinajstić information content (AvgIpc) is 3.21. The topological polar surface area (TPSA) is 94.2 Å². The molecule has 0 unspecified atom stereocenters. The van der Waals surface area contributed by atoms with Crippen LogP contribution in [-0.2, 0) is 10.2 Å². The molecular formula is C15H17N5O3. The third-order valence-electron chi connectivity index (χ3n) is 4.66. The summed E-state index contributed by atoms with van der Waals surface area (Å²) in [5, 5.41) is 8.16. The van der Waals surface area contributed by atoms with Gasteiger partial charge in [0.2, 0.25) is 11.8 Å². The molecule has 2 saturated heterocycles. The van der Waals surface area contributed by atoms with Crippen molar-refractivity contribution in [1.29, 1.82) is 0 Å². The number of ether oxygens (including phenoxy) is 1. The highest BCUT2D eigenvalue weighted by atomic mass is 16.5. The molecule has 2 atom stereocenters. The average molecular weight is 315 g/mol. The van der Waals surface area contributed by atoms with Gasteiger partial charge in [-0.3, -0.25) is 4.79 Å². The van der Waals surface area contributed by atoms with E-state index in [0.717, 1.165) is 12.8 Å². The molecule has 0 saturated carbocycles. The van der Waals surface area contributed by atoms with Gasteiger partial charge in [-0.2, -0.15) is 0 Å². The quantitative estimate of drug-likeness (QED) is 0.806. The molecule has 2 aromatic heterocycles. The molecule has 0 aliphatic carbocycles. The maximum atomic E-state index is 12.7. The van der Waals surface area contributed by atoms with Crippen LogP contribution in [0.3, 0.4) is 0 Å². The van der Waals surface area contributed by atoms with E-state index in [1.165, 1.54) is 6.33 Å². The first-order valence-corrected chi connectivity index (χ1v) is 7.66. The zero-order chi connectivity index (χ0) is 15.9. The normalized spacial score (nSPS) is 27.0. The molecular weight excluding hydrogens is 298 g/mol.